The van der Waals surface area contributed by atoms with Crippen LogP contribution in [0.5, 0.6) is 0 Å². The first-order chi connectivity index (χ1) is 13.5. The molecule has 1 unspecified atom stereocenters. The van der Waals surface area contributed by atoms with Crippen LogP contribution in [0, 0.1) is 6.92 Å². The Bertz CT molecular complexity index is 896. The number of hydrogen-bond donors (Lipinski definition) is 0. The van der Waals surface area contributed by atoms with Gasteiger partial charge in [-0.05, 0) is 55.2 Å². The molecule has 0 bridgehead atoms. The number of ether oxygens (including phenoxy) is 3. The number of esters is 2. The first-order valence-corrected chi connectivity index (χ1v) is 9.41. The maximum atomic E-state index is 12.4. The van der Waals surface area contributed by atoms with Gasteiger partial charge in [-0.2, -0.15) is 0 Å². The van der Waals surface area contributed by atoms with Crippen molar-refractivity contribution in [1.29, 1.82) is 0 Å². The van der Waals surface area contributed by atoms with Crippen molar-refractivity contribution in [3.63, 3.8) is 0 Å². The molecule has 2 aromatic rings. The van der Waals surface area contributed by atoms with Crippen LogP contribution in [0.1, 0.15) is 58.1 Å². The molecular weight excluding hydrogens is 356 g/mol. The maximum absolute atomic E-state index is 12.4. The molecule has 0 aromatic heterocycles. The van der Waals surface area contributed by atoms with Gasteiger partial charge in [0.25, 0.3) is 0 Å². The molecule has 1 aliphatic heterocycles. The summed E-state index contributed by atoms with van der Waals surface area (Å²) >= 11 is 0. The molecule has 0 radical (unpaired) electrons. The zero-order valence-electron chi connectivity index (χ0n) is 16.4. The lowest BCUT2D eigenvalue weighted by atomic mass is 9.92. The number of aryl methyl sites for hydroxylation is 1. The zero-order valence-corrected chi connectivity index (χ0v) is 16.4. The lowest BCUT2D eigenvalue weighted by Crippen LogP contribution is -2.09. The molecule has 2 aromatic carbocycles. The fourth-order valence-electron chi connectivity index (χ4n) is 3.28. The van der Waals surface area contributed by atoms with Gasteiger partial charge < -0.3 is 14.2 Å². The molecule has 0 saturated carbocycles. The number of benzene rings is 2. The SMILES string of the molecule is CCOC(=O)/C=C/c1c(C(=O)OCC)ccc2c1COC2c1ccc(C)cc1. The summed E-state index contributed by atoms with van der Waals surface area (Å²) < 4.78 is 16.2. The van der Waals surface area contributed by atoms with Crippen molar-refractivity contribution in [2.24, 2.45) is 0 Å². The smallest absolute Gasteiger partial charge is 0.338 e. The molecule has 1 aliphatic rings. The van der Waals surface area contributed by atoms with Crippen LogP contribution in [0.15, 0.2) is 42.5 Å². The average Bonchev–Trinajstić information content (AvgIpc) is 3.11. The van der Waals surface area contributed by atoms with E-state index in [0.29, 0.717) is 24.3 Å². The van der Waals surface area contributed by atoms with Crippen molar-refractivity contribution < 1.29 is 23.8 Å². The summed E-state index contributed by atoms with van der Waals surface area (Å²) in [4.78, 5) is 24.2. The molecule has 0 N–H and O–H groups in total. The Balaban J connectivity index is 2.03. The number of carbonyl (C=O) groups excluding carboxylic acids is 2. The van der Waals surface area contributed by atoms with Gasteiger partial charge in [-0.15, -0.1) is 0 Å². The van der Waals surface area contributed by atoms with E-state index in [0.717, 1.165) is 16.7 Å². The topological polar surface area (TPSA) is 61.8 Å². The summed E-state index contributed by atoms with van der Waals surface area (Å²) in [6.45, 7) is 6.46. The van der Waals surface area contributed by atoms with Crippen LogP contribution < -0.4 is 0 Å². The van der Waals surface area contributed by atoms with Gasteiger partial charge in [-0.3, -0.25) is 0 Å². The molecule has 3 rings (SSSR count). The second-order valence-corrected chi connectivity index (χ2v) is 6.50. The number of fused-ring (bicyclic) bond motifs is 1. The van der Waals surface area contributed by atoms with Gasteiger partial charge in [-0.1, -0.05) is 35.9 Å². The average molecular weight is 380 g/mol. The summed E-state index contributed by atoms with van der Waals surface area (Å²) in [5.41, 5.74) is 5.15. The summed E-state index contributed by atoms with van der Waals surface area (Å²) in [5.74, 6) is -0.878. The minimum Gasteiger partial charge on any atom is -0.463 e. The van der Waals surface area contributed by atoms with Gasteiger partial charge >= 0.3 is 11.9 Å². The Morgan fingerprint density at radius 1 is 1.07 bits per heavy atom. The van der Waals surface area contributed by atoms with Crippen LogP contribution >= 0.6 is 0 Å². The normalized spacial score (nSPS) is 15.5. The van der Waals surface area contributed by atoms with Crippen molar-refractivity contribution in [2.75, 3.05) is 13.2 Å². The van der Waals surface area contributed by atoms with Crippen molar-refractivity contribution in [1.82, 2.24) is 0 Å². The van der Waals surface area contributed by atoms with Crippen molar-refractivity contribution in [2.45, 2.75) is 33.5 Å². The van der Waals surface area contributed by atoms with Crippen molar-refractivity contribution in [3.8, 4) is 0 Å². The van der Waals surface area contributed by atoms with Crippen LogP contribution in [0.3, 0.4) is 0 Å². The van der Waals surface area contributed by atoms with Gasteiger partial charge in [0.1, 0.15) is 6.10 Å². The minimum absolute atomic E-state index is 0.207. The number of rotatable bonds is 6. The third-order valence-electron chi connectivity index (χ3n) is 4.62. The monoisotopic (exact) mass is 380 g/mol. The van der Waals surface area contributed by atoms with Gasteiger partial charge in [-0.25, -0.2) is 9.59 Å². The molecule has 0 aliphatic carbocycles. The second kappa shape index (κ2) is 8.85. The molecule has 0 amide bonds. The van der Waals surface area contributed by atoms with Crippen LogP contribution in [0.4, 0.5) is 0 Å². The molecule has 28 heavy (non-hydrogen) atoms. The fourth-order valence-corrected chi connectivity index (χ4v) is 3.28. The van der Waals surface area contributed by atoms with E-state index < -0.39 is 11.9 Å². The number of hydrogen-bond acceptors (Lipinski definition) is 5. The molecule has 0 fully saturated rings. The molecule has 146 valence electrons. The Hall–Kier alpha value is -2.92. The largest absolute Gasteiger partial charge is 0.463 e. The highest BCUT2D eigenvalue weighted by Gasteiger charge is 2.29. The Kier molecular flexibility index (Phi) is 6.26. The van der Waals surface area contributed by atoms with Crippen molar-refractivity contribution >= 4 is 18.0 Å². The van der Waals surface area contributed by atoms with E-state index in [9.17, 15) is 9.59 Å². The standard InChI is InChI=1S/C23H24O5/c1-4-26-21(24)13-12-17-19(23(25)27-5-2)11-10-18-20(17)14-28-22(18)16-8-6-15(3)7-9-16/h6-13,22H,4-5,14H2,1-3H3/b13-12+. The van der Waals surface area contributed by atoms with Gasteiger partial charge in [0.2, 0.25) is 0 Å². The number of carbonyl (C=O) groups is 2. The van der Waals surface area contributed by atoms with Crippen LogP contribution in [-0.4, -0.2) is 25.2 Å². The lowest BCUT2D eigenvalue weighted by Gasteiger charge is -2.14. The Morgan fingerprint density at radius 3 is 2.46 bits per heavy atom. The molecule has 5 heteroatoms. The molecular formula is C23H24O5. The summed E-state index contributed by atoms with van der Waals surface area (Å²) in [7, 11) is 0. The second-order valence-electron chi connectivity index (χ2n) is 6.50. The molecule has 0 spiro atoms. The summed E-state index contributed by atoms with van der Waals surface area (Å²) in [6, 6.07) is 11.8. The van der Waals surface area contributed by atoms with Crippen LogP contribution in [-0.2, 0) is 25.6 Å². The predicted octanol–water partition coefficient (Wildman–Crippen LogP) is 4.37. The quantitative estimate of drug-likeness (QED) is 0.550. The van der Waals surface area contributed by atoms with E-state index in [1.807, 2.05) is 37.3 Å². The van der Waals surface area contributed by atoms with E-state index in [1.54, 1.807) is 26.0 Å². The molecule has 1 heterocycles. The predicted molar refractivity (Wildman–Crippen MR) is 106 cm³/mol. The first kappa shape index (κ1) is 19.8. The molecule has 0 saturated heterocycles. The van der Waals surface area contributed by atoms with Gasteiger partial charge in [0.15, 0.2) is 0 Å². The lowest BCUT2D eigenvalue weighted by molar-refractivity contribution is -0.137. The zero-order chi connectivity index (χ0) is 20.1. The van der Waals surface area contributed by atoms with E-state index >= 15 is 0 Å². The van der Waals surface area contributed by atoms with E-state index in [2.05, 4.69) is 0 Å². The van der Waals surface area contributed by atoms with Crippen LogP contribution in [0.25, 0.3) is 6.08 Å². The Labute approximate surface area is 164 Å². The molecule has 5 nitrogen and oxygen atoms in total. The highest BCUT2D eigenvalue weighted by molar-refractivity contribution is 5.97. The fraction of sp³-hybridized carbons (Fsp3) is 0.304. The minimum atomic E-state index is -0.455. The highest BCUT2D eigenvalue weighted by Crippen LogP contribution is 2.39. The highest BCUT2D eigenvalue weighted by atomic mass is 16.5. The van der Waals surface area contributed by atoms with Crippen molar-refractivity contribution in [3.05, 3.63) is 75.9 Å². The van der Waals surface area contributed by atoms with E-state index in [1.165, 1.54) is 11.6 Å². The first-order valence-electron chi connectivity index (χ1n) is 9.41. The van der Waals surface area contributed by atoms with E-state index in [-0.39, 0.29) is 12.7 Å². The summed E-state index contributed by atoms with van der Waals surface area (Å²) in [5, 5.41) is 0. The summed E-state index contributed by atoms with van der Waals surface area (Å²) in [6.07, 6.45) is 2.74. The van der Waals surface area contributed by atoms with Gasteiger partial charge in [0.05, 0.1) is 25.4 Å². The Morgan fingerprint density at radius 2 is 1.79 bits per heavy atom. The van der Waals surface area contributed by atoms with E-state index in [4.69, 9.17) is 14.2 Å². The van der Waals surface area contributed by atoms with Gasteiger partial charge in [0, 0.05) is 6.08 Å². The third-order valence-corrected chi connectivity index (χ3v) is 4.62. The third kappa shape index (κ3) is 4.15. The molecule has 1 atom stereocenters. The maximum Gasteiger partial charge on any atom is 0.338 e. The van der Waals surface area contributed by atoms with Crippen LogP contribution in [0.2, 0.25) is 0 Å².